The molecule has 2 atom stereocenters. The normalized spacial score (nSPS) is 28.6. The predicted octanol–water partition coefficient (Wildman–Crippen LogP) is 2.59. The molecule has 2 bridgehead atoms. The van der Waals surface area contributed by atoms with Gasteiger partial charge >= 0.3 is 0 Å². The molecule has 1 N–H and O–H groups in total. The largest absolute Gasteiger partial charge is 0.335 e. The van der Waals surface area contributed by atoms with Gasteiger partial charge in [-0.15, -0.1) is 11.3 Å². The van der Waals surface area contributed by atoms with E-state index in [0.29, 0.717) is 18.1 Å². The number of carbonyl (C=O) groups is 1. The zero-order valence-electron chi connectivity index (χ0n) is 12.3. The van der Waals surface area contributed by atoms with Crippen molar-refractivity contribution in [3.63, 3.8) is 0 Å². The number of hydrogen-bond acceptors (Lipinski definition) is 4. The van der Waals surface area contributed by atoms with Crippen molar-refractivity contribution in [1.29, 1.82) is 0 Å². The van der Waals surface area contributed by atoms with E-state index in [1.54, 1.807) is 6.20 Å². The minimum atomic E-state index is 0.184. The molecule has 0 spiro atoms. The number of piperidine rings is 1. The van der Waals surface area contributed by atoms with Crippen LogP contribution < -0.4 is 5.32 Å². The summed E-state index contributed by atoms with van der Waals surface area (Å²) in [6.07, 6.45) is 7.52. The first-order valence-corrected chi connectivity index (χ1v) is 8.48. The van der Waals surface area contributed by atoms with E-state index in [9.17, 15) is 4.79 Å². The molecule has 3 heterocycles. The smallest absolute Gasteiger partial charge is 0.265 e. The van der Waals surface area contributed by atoms with Gasteiger partial charge in [-0.05, 0) is 39.0 Å². The SMILES string of the molecule is CCCN(C(=O)c1cnc(C)s1)C1CC2CCC(C1)N2. The Morgan fingerprint density at radius 3 is 2.70 bits per heavy atom. The molecule has 110 valence electrons. The molecule has 1 aromatic rings. The molecule has 2 saturated heterocycles. The first-order chi connectivity index (χ1) is 9.67. The highest BCUT2D eigenvalue weighted by Gasteiger charge is 2.37. The molecule has 1 amide bonds. The highest BCUT2D eigenvalue weighted by atomic mass is 32.1. The maximum atomic E-state index is 12.8. The van der Waals surface area contributed by atoms with Crippen LogP contribution in [-0.4, -0.2) is 40.5 Å². The molecule has 3 rings (SSSR count). The minimum absolute atomic E-state index is 0.184. The summed E-state index contributed by atoms with van der Waals surface area (Å²) < 4.78 is 0. The standard InChI is InChI=1S/C15H23N3OS/c1-3-6-18(15(19)14-9-16-10(2)20-14)13-7-11-4-5-12(8-13)17-11/h9,11-13,17H,3-8H2,1-2H3. The van der Waals surface area contributed by atoms with Crippen LogP contribution in [-0.2, 0) is 0 Å². The van der Waals surface area contributed by atoms with Gasteiger partial charge in [-0.3, -0.25) is 4.79 Å². The lowest BCUT2D eigenvalue weighted by Gasteiger charge is -2.37. The maximum Gasteiger partial charge on any atom is 0.265 e. The molecule has 2 unspecified atom stereocenters. The number of nitrogens with one attached hydrogen (secondary N) is 1. The monoisotopic (exact) mass is 293 g/mol. The highest BCUT2D eigenvalue weighted by Crippen LogP contribution is 2.31. The lowest BCUT2D eigenvalue weighted by molar-refractivity contribution is 0.0621. The number of aromatic nitrogens is 1. The van der Waals surface area contributed by atoms with Crippen LogP contribution in [0.3, 0.4) is 0 Å². The van der Waals surface area contributed by atoms with Crippen LogP contribution in [0.15, 0.2) is 6.20 Å². The van der Waals surface area contributed by atoms with Crippen LogP contribution in [0.4, 0.5) is 0 Å². The highest BCUT2D eigenvalue weighted by molar-refractivity contribution is 7.13. The van der Waals surface area contributed by atoms with E-state index in [1.165, 1.54) is 24.2 Å². The second-order valence-corrected chi connectivity index (χ2v) is 7.24. The van der Waals surface area contributed by atoms with E-state index in [0.717, 1.165) is 35.7 Å². The van der Waals surface area contributed by atoms with Gasteiger partial charge in [-0.2, -0.15) is 0 Å². The number of thiazole rings is 1. The van der Waals surface area contributed by atoms with E-state index in [4.69, 9.17) is 0 Å². The van der Waals surface area contributed by atoms with Crippen LogP contribution in [0.25, 0.3) is 0 Å². The Hall–Kier alpha value is -0.940. The third-order valence-electron chi connectivity index (χ3n) is 4.45. The summed E-state index contributed by atoms with van der Waals surface area (Å²) in [4.78, 5) is 19.9. The van der Waals surface area contributed by atoms with Crippen molar-refractivity contribution in [1.82, 2.24) is 15.2 Å². The van der Waals surface area contributed by atoms with Gasteiger partial charge in [0.1, 0.15) is 4.88 Å². The Labute approximate surface area is 124 Å². The molecule has 1 aromatic heterocycles. The maximum absolute atomic E-state index is 12.8. The summed E-state index contributed by atoms with van der Waals surface area (Å²) in [7, 11) is 0. The van der Waals surface area contributed by atoms with Crippen LogP contribution in [0.5, 0.6) is 0 Å². The molecule has 2 aliphatic rings. The second-order valence-electron chi connectivity index (χ2n) is 6.01. The molecular weight excluding hydrogens is 270 g/mol. The van der Waals surface area contributed by atoms with Gasteiger partial charge in [0.2, 0.25) is 0 Å². The van der Waals surface area contributed by atoms with Gasteiger partial charge < -0.3 is 10.2 Å². The minimum Gasteiger partial charge on any atom is -0.335 e. The molecule has 5 heteroatoms. The first kappa shape index (κ1) is 14.0. The molecule has 0 aliphatic carbocycles. The molecule has 4 nitrogen and oxygen atoms in total. The fraction of sp³-hybridized carbons (Fsp3) is 0.733. The Morgan fingerprint density at radius 2 is 2.15 bits per heavy atom. The third-order valence-corrected chi connectivity index (χ3v) is 5.35. The Balaban J connectivity index is 1.76. The number of nitrogens with zero attached hydrogens (tertiary/aromatic N) is 2. The number of carbonyl (C=O) groups excluding carboxylic acids is 1. The van der Waals surface area contributed by atoms with Crippen LogP contribution >= 0.6 is 11.3 Å². The molecule has 2 fully saturated rings. The second kappa shape index (κ2) is 5.82. The quantitative estimate of drug-likeness (QED) is 0.928. The van der Waals surface area contributed by atoms with Crippen molar-refractivity contribution in [3.8, 4) is 0 Å². The summed E-state index contributed by atoms with van der Waals surface area (Å²) in [6, 6.07) is 1.65. The Morgan fingerprint density at radius 1 is 1.45 bits per heavy atom. The fourth-order valence-electron chi connectivity index (χ4n) is 3.57. The van der Waals surface area contributed by atoms with Gasteiger partial charge in [0.15, 0.2) is 0 Å². The van der Waals surface area contributed by atoms with Crippen molar-refractivity contribution in [3.05, 3.63) is 16.1 Å². The summed E-state index contributed by atoms with van der Waals surface area (Å²) in [5, 5.41) is 4.62. The third kappa shape index (κ3) is 2.74. The number of fused-ring (bicyclic) bond motifs is 2. The molecule has 0 saturated carbocycles. The predicted molar refractivity (Wildman–Crippen MR) is 81.1 cm³/mol. The van der Waals surface area contributed by atoms with E-state index < -0.39 is 0 Å². The Bertz CT molecular complexity index is 475. The van der Waals surface area contributed by atoms with E-state index in [1.807, 2.05) is 6.92 Å². The van der Waals surface area contributed by atoms with Gasteiger partial charge in [-0.25, -0.2) is 4.98 Å². The van der Waals surface area contributed by atoms with E-state index >= 15 is 0 Å². The topological polar surface area (TPSA) is 45.2 Å². The lowest BCUT2D eigenvalue weighted by Crippen LogP contribution is -2.50. The van der Waals surface area contributed by atoms with Crippen LogP contribution in [0, 0.1) is 6.92 Å². The average Bonchev–Trinajstić information content (AvgIpc) is 3.01. The number of amides is 1. The van der Waals surface area contributed by atoms with Crippen LogP contribution in [0.1, 0.15) is 53.7 Å². The van der Waals surface area contributed by atoms with E-state index in [-0.39, 0.29) is 5.91 Å². The number of rotatable bonds is 4. The van der Waals surface area contributed by atoms with Crippen molar-refractivity contribution >= 4 is 17.2 Å². The van der Waals surface area contributed by atoms with E-state index in [2.05, 4.69) is 22.1 Å². The summed E-state index contributed by atoms with van der Waals surface area (Å²) >= 11 is 1.51. The molecule has 20 heavy (non-hydrogen) atoms. The number of hydrogen-bond donors (Lipinski definition) is 1. The Kier molecular flexibility index (Phi) is 4.08. The summed E-state index contributed by atoms with van der Waals surface area (Å²) in [6.45, 7) is 4.96. The molecule has 0 aromatic carbocycles. The summed E-state index contributed by atoms with van der Waals surface area (Å²) in [5.74, 6) is 0.184. The lowest BCUT2D eigenvalue weighted by atomic mass is 9.97. The molecular formula is C15H23N3OS. The fourth-order valence-corrected chi connectivity index (χ4v) is 4.31. The zero-order chi connectivity index (χ0) is 14.1. The summed E-state index contributed by atoms with van der Waals surface area (Å²) in [5.41, 5.74) is 0. The van der Waals surface area contributed by atoms with Crippen molar-refractivity contribution < 1.29 is 4.79 Å². The number of aryl methyl sites for hydroxylation is 1. The van der Waals surface area contributed by atoms with Gasteiger partial charge in [-0.1, -0.05) is 6.92 Å². The average molecular weight is 293 g/mol. The van der Waals surface area contributed by atoms with Gasteiger partial charge in [0.25, 0.3) is 5.91 Å². The van der Waals surface area contributed by atoms with Gasteiger partial charge in [0.05, 0.1) is 11.2 Å². The first-order valence-electron chi connectivity index (χ1n) is 7.66. The van der Waals surface area contributed by atoms with Crippen molar-refractivity contribution in [2.24, 2.45) is 0 Å². The molecule has 0 radical (unpaired) electrons. The van der Waals surface area contributed by atoms with Gasteiger partial charge in [0, 0.05) is 24.7 Å². The zero-order valence-corrected chi connectivity index (χ0v) is 13.1. The van der Waals surface area contributed by atoms with Crippen molar-refractivity contribution in [2.75, 3.05) is 6.54 Å². The van der Waals surface area contributed by atoms with Crippen molar-refractivity contribution in [2.45, 2.75) is 64.1 Å². The van der Waals surface area contributed by atoms with Crippen LogP contribution in [0.2, 0.25) is 0 Å². The molecule has 2 aliphatic heterocycles.